The van der Waals surface area contributed by atoms with Gasteiger partial charge in [-0.1, -0.05) is 30.3 Å². The SMILES string of the molecule is O=C(CNC(=O)Cn1ccc2ccccc2c1=O)NCc1ccc(F)cc1. The number of nitrogens with zero attached hydrogens (tertiary/aromatic N) is 1. The van der Waals surface area contributed by atoms with Crippen LogP contribution in [0.3, 0.4) is 0 Å². The number of carbonyl (C=O) groups excluding carboxylic acids is 2. The van der Waals surface area contributed by atoms with E-state index in [4.69, 9.17) is 0 Å². The number of benzene rings is 2. The second-order valence-corrected chi connectivity index (χ2v) is 6.02. The van der Waals surface area contributed by atoms with Crippen LogP contribution in [-0.2, 0) is 22.7 Å². The molecule has 138 valence electrons. The van der Waals surface area contributed by atoms with Gasteiger partial charge in [-0.05, 0) is 35.2 Å². The van der Waals surface area contributed by atoms with Crippen molar-refractivity contribution in [1.82, 2.24) is 15.2 Å². The topological polar surface area (TPSA) is 80.2 Å². The highest BCUT2D eigenvalue weighted by Crippen LogP contribution is 2.07. The minimum Gasteiger partial charge on any atom is -0.350 e. The van der Waals surface area contributed by atoms with E-state index in [2.05, 4.69) is 10.6 Å². The van der Waals surface area contributed by atoms with Crippen LogP contribution in [0.5, 0.6) is 0 Å². The molecule has 2 amide bonds. The average molecular weight is 367 g/mol. The lowest BCUT2D eigenvalue weighted by molar-refractivity contribution is -0.126. The number of fused-ring (bicyclic) bond motifs is 1. The maximum absolute atomic E-state index is 12.8. The van der Waals surface area contributed by atoms with E-state index in [1.807, 2.05) is 12.1 Å². The number of nitrogens with one attached hydrogen (secondary N) is 2. The summed E-state index contributed by atoms with van der Waals surface area (Å²) in [6, 6.07) is 14.7. The summed E-state index contributed by atoms with van der Waals surface area (Å²) < 4.78 is 14.1. The molecule has 0 saturated heterocycles. The molecule has 0 radical (unpaired) electrons. The van der Waals surface area contributed by atoms with Crippen molar-refractivity contribution in [1.29, 1.82) is 0 Å². The van der Waals surface area contributed by atoms with Crippen LogP contribution in [0.25, 0.3) is 10.8 Å². The van der Waals surface area contributed by atoms with Gasteiger partial charge >= 0.3 is 0 Å². The molecule has 0 saturated carbocycles. The van der Waals surface area contributed by atoms with E-state index in [0.29, 0.717) is 5.39 Å². The number of aromatic nitrogens is 1. The third-order valence-corrected chi connectivity index (χ3v) is 4.05. The second-order valence-electron chi connectivity index (χ2n) is 6.02. The molecular weight excluding hydrogens is 349 g/mol. The van der Waals surface area contributed by atoms with Crippen LogP contribution in [-0.4, -0.2) is 22.9 Å². The standard InChI is InChI=1S/C20H18FN3O3/c21-16-7-5-14(6-8-16)11-22-18(25)12-23-19(26)13-24-10-9-15-3-1-2-4-17(15)20(24)27/h1-10H,11-13H2,(H,22,25)(H,23,26). The monoisotopic (exact) mass is 367 g/mol. The van der Waals surface area contributed by atoms with Gasteiger partial charge in [0, 0.05) is 18.1 Å². The Morgan fingerprint density at radius 1 is 0.926 bits per heavy atom. The summed E-state index contributed by atoms with van der Waals surface area (Å²) in [4.78, 5) is 36.2. The second kappa shape index (κ2) is 8.27. The number of pyridine rings is 1. The minimum absolute atomic E-state index is 0.172. The van der Waals surface area contributed by atoms with Crippen LogP contribution in [0, 0.1) is 5.82 Å². The minimum atomic E-state index is -0.440. The molecule has 0 atom stereocenters. The Kier molecular flexibility index (Phi) is 5.61. The van der Waals surface area contributed by atoms with E-state index in [0.717, 1.165) is 10.9 Å². The van der Waals surface area contributed by atoms with Gasteiger partial charge in [0.25, 0.3) is 5.56 Å². The van der Waals surface area contributed by atoms with Crippen molar-refractivity contribution >= 4 is 22.6 Å². The van der Waals surface area contributed by atoms with Crippen LogP contribution in [0.2, 0.25) is 0 Å². The number of halogens is 1. The quantitative estimate of drug-likeness (QED) is 0.694. The molecule has 27 heavy (non-hydrogen) atoms. The van der Waals surface area contributed by atoms with Crippen LogP contribution in [0.4, 0.5) is 4.39 Å². The first kappa shape index (κ1) is 18.3. The van der Waals surface area contributed by atoms with Crippen molar-refractivity contribution in [3.63, 3.8) is 0 Å². The van der Waals surface area contributed by atoms with Gasteiger partial charge in [0.15, 0.2) is 0 Å². The molecule has 6 nitrogen and oxygen atoms in total. The van der Waals surface area contributed by atoms with Gasteiger partial charge in [-0.3, -0.25) is 14.4 Å². The van der Waals surface area contributed by atoms with E-state index in [9.17, 15) is 18.8 Å². The highest BCUT2D eigenvalue weighted by atomic mass is 19.1. The Morgan fingerprint density at radius 3 is 2.44 bits per heavy atom. The Bertz CT molecular complexity index is 1030. The smallest absolute Gasteiger partial charge is 0.258 e. The molecule has 0 fully saturated rings. The zero-order valence-electron chi connectivity index (χ0n) is 14.4. The maximum atomic E-state index is 12.8. The van der Waals surface area contributed by atoms with E-state index in [-0.39, 0.29) is 36.9 Å². The van der Waals surface area contributed by atoms with Crippen LogP contribution < -0.4 is 16.2 Å². The molecule has 3 rings (SSSR count). The molecule has 0 spiro atoms. The zero-order valence-corrected chi connectivity index (χ0v) is 14.4. The van der Waals surface area contributed by atoms with Crippen LogP contribution in [0.1, 0.15) is 5.56 Å². The fourth-order valence-corrected chi connectivity index (χ4v) is 2.61. The Morgan fingerprint density at radius 2 is 1.67 bits per heavy atom. The summed E-state index contributed by atoms with van der Waals surface area (Å²) in [5, 5.41) is 6.45. The van der Waals surface area contributed by atoms with Gasteiger partial charge in [-0.15, -0.1) is 0 Å². The number of carbonyl (C=O) groups is 2. The summed E-state index contributed by atoms with van der Waals surface area (Å²) in [7, 11) is 0. The van der Waals surface area contributed by atoms with E-state index >= 15 is 0 Å². The molecule has 0 unspecified atom stereocenters. The third kappa shape index (κ3) is 4.78. The Hall–Kier alpha value is -3.48. The van der Waals surface area contributed by atoms with Crippen LogP contribution >= 0.6 is 0 Å². The lowest BCUT2D eigenvalue weighted by atomic mass is 10.2. The average Bonchev–Trinajstić information content (AvgIpc) is 2.68. The molecule has 1 aromatic heterocycles. The molecule has 2 aromatic carbocycles. The third-order valence-electron chi connectivity index (χ3n) is 4.05. The summed E-state index contributed by atoms with van der Waals surface area (Å²) in [5.41, 5.74) is 0.489. The highest BCUT2D eigenvalue weighted by molar-refractivity contribution is 5.85. The number of amides is 2. The van der Waals surface area contributed by atoms with Gasteiger partial charge in [0.2, 0.25) is 11.8 Å². The first-order chi connectivity index (χ1) is 13.0. The van der Waals surface area contributed by atoms with Crippen molar-refractivity contribution in [3.05, 3.63) is 82.5 Å². The largest absolute Gasteiger partial charge is 0.350 e. The van der Waals surface area contributed by atoms with Gasteiger partial charge in [-0.2, -0.15) is 0 Å². The highest BCUT2D eigenvalue weighted by Gasteiger charge is 2.09. The van der Waals surface area contributed by atoms with Crippen molar-refractivity contribution in [2.24, 2.45) is 0 Å². The van der Waals surface area contributed by atoms with Gasteiger partial charge in [-0.25, -0.2) is 4.39 Å². The number of rotatable bonds is 6. The summed E-state index contributed by atoms with van der Waals surface area (Å²) in [6.07, 6.45) is 1.55. The number of hydrogen-bond acceptors (Lipinski definition) is 3. The van der Waals surface area contributed by atoms with E-state index in [1.54, 1.807) is 36.5 Å². The summed E-state index contributed by atoms with van der Waals surface area (Å²) >= 11 is 0. The molecule has 2 N–H and O–H groups in total. The Balaban J connectivity index is 1.51. The van der Waals surface area contributed by atoms with Crippen molar-refractivity contribution in [3.8, 4) is 0 Å². The number of hydrogen-bond donors (Lipinski definition) is 2. The normalized spacial score (nSPS) is 10.6. The predicted octanol–water partition coefficient (Wildman–Crippen LogP) is 1.57. The fourth-order valence-electron chi connectivity index (χ4n) is 2.61. The summed E-state index contributed by atoms with van der Waals surface area (Å²) in [6.45, 7) is -0.142. The first-order valence-electron chi connectivity index (χ1n) is 8.39. The molecule has 0 aliphatic rings. The fraction of sp³-hybridized carbons (Fsp3) is 0.150. The Labute approximate surface area is 154 Å². The van der Waals surface area contributed by atoms with Crippen molar-refractivity contribution < 1.29 is 14.0 Å². The van der Waals surface area contributed by atoms with E-state index in [1.165, 1.54) is 16.7 Å². The van der Waals surface area contributed by atoms with Gasteiger partial charge in [0.05, 0.1) is 6.54 Å². The molecule has 1 heterocycles. The molecule has 0 aliphatic carbocycles. The molecule has 0 bridgehead atoms. The van der Waals surface area contributed by atoms with Gasteiger partial charge < -0.3 is 15.2 Å². The van der Waals surface area contributed by atoms with Gasteiger partial charge in [0.1, 0.15) is 12.4 Å². The lowest BCUT2D eigenvalue weighted by Crippen LogP contribution is -2.39. The zero-order chi connectivity index (χ0) is 19.2. The van der Waals surface area contributed by atoms with Crippen molar-refractivity contribution in [2.45, 2.75) is 13.1 Å². The summed E-state index contributed by atoms with van der Waals surface area (Å²) in [5.74, 6) is -1.16. The first-order valence-corrected chi connectivity index (χ1v) is 8.39. The lowest BCUT2D eigenvalue weighted by Gasteiger charge is -2.09. The maximum Gasteiger partial charge on any atom is 0.258 e. The molecular formula is C20H18FN3O3. The van der Waals surface area contributed by atoms with E-state index < -0.39 is 5.91 Å². The predicted molar refractivity (Wildman–Crippen MR) is 99.5 cm³/mol. The molecule has 3 aromatic rings. The van der Waals surface area contributed by atoms with Crippen LogP contribution in [0.15, 0.2) is 65.6 Å². The molecule has 7 heteroatoms. The molecule has 0 aliphatic heterocycles. The van der Waals surface area contributed by atoms with Crippen molar-refractivity contribution in [2.75, 3.05) is 6.54 Å².